The summed E-state index contributed by atoms with van der Waals surface area (Å²) in [6.07, 6.45) is 4.84. The van der Waals surface area contributed by atoms with Crippen LogP contribution in [-0.2, 0) is 6.42 Å². The number of nitrogens with one attached hydrogen (secondary N) is 1. The number of halogens is 2. The molecule has 0 unspecified atom stereocenters. The largest absolute Gasteiger partial charge is 0.489 e. The van der Waals surface area contributed by atoms with Gasteiger partial charge < -0.3 is 19.6 Å². The van der Waals surface area contributed by atoms with E-state index in [0.29, 0.717) is 39.8 Å². The molecule has 0 aliphatic heterocycles. The maximum Gasteiger partial charge on any atom is 0.251 e. The average molecular weight is 512 g/mol. The van der Waals surface area contributed by atoms with E-state index in [1.807, 2.05) is 67.0 Å². The summed E-state index contributed by atoms with van der Waals surface area (Å²) in [5.74, 6) is 0.290. The number of aliphatic hydroxyl groups excluding tert-OH is 1. The molecule has 0 saturated carbocycles. The third-order valence-electron chi connectivity index (χ3n) is 5.54. The van der Waals surface area contributed by atoms with Crippen LogP contribution < -0.4 is 10.1 Å². The smallest absolute Gasteiger partial charge is 0.251 e. The highest BCUT2D eigenvalue weighted by Crippen LogP contribution is 2.27. The van der Waals surface area contributed by atoms with Gasteiger partial charge in [-0.15, -0.1) is 0 Å². The van der Waals surface area contributed by atoms with Crippen molar-refractivity contribution in [3.8, 4) is 17.0 Å². The molecular weight excluding hydrogens is 485 g/mol. The van der Waals surface area contributed by atoms with Crippen molar-refractivity contribution in [1.29, 1.82) is 0 Å². The molecule has 4 rings (SSSR count). The average Bonchev–Trinajstić information content (AvgIpc) is 3.26. The van der Waals surface area contributed by atoms with Crippen LogP contribution in [0.15, 0.2) is 67.0 Å². The maximum atomic E-state index is 12.8. The topological polar surface area (TPSA) is 75.9 Å². The number of hydrogen-bond acceptors (Lipinski definition) is 4. The van der Waals surface area contributed by atoms with Gasteiger partial charge in [-0.2, -0.15) is 0 Å². The van der Waals surface area contributed by atoms with Crippen LogP contribution in [0.4, 0.5) is 0 Å². The van der Waals surface area contributed by atoms with Crippen molar-refractivity contribution >= 4 is 34.8 Å². The number of carbonyl (C=O) groups excluding carboxylic acids is 1. The predicted molar refractivity (Wildman–Crippen MR) is 140 cm³/mol. The lowest BCUT2D eigenvalue weighted by molar-refractivity contribution is 0.0930. The fourth-order valence-electron chi connectivity index (χ4n) is 3.86. The summed E-state index contributed by atoms with van der Waals surface area (Å²) in [6, 6.07) is 16.4. The maximum absolute atomic E-state index is 12.8. The Morgan fingerprint density at radius 1 is 1.11 bits per heavy atom. The number of aromatic nitrogens is 2. The summed E-state index contributed by atoms with van der Waals surface area (Å²) in [4.78, 5) is 17.5. The number of nitrogens with zero attached hydrogens (tertiary/aromatic N) is 2. The molecule has 0 bridgehead atoms. The van der Waals surface area contributed by atoms with Crippen LogP contribution >= 0.6 is 23.2 Å². The molecule has 6 nitrogen and oxygen atoms in total. The SMILES string of the molecule is CC(C)Oc1ccc(C(=O)N[C@H](CCO)Cc2ccc(-c3cn4cccc(Cl)c4n3)cc2)cc1Cl. The van der Waals surface area contributed by atoms with Crippen LogP contribution in [0.5, 0.6) is 5.75 Å². The van der Waals surface area contributed by atoms with Gasteiger partial charge in [0, 0.05) is 36.2 Å². The van der Waals surface area contributed by atoms with Crippen molar-refractivity contribution in [2.24, 2.45) is 0 Å². The first kappa shape index (κ1) is 25.0. The number of fused-ring (bicyclic) bond motifs is 1. The number of rotatable bonds is 9. The Hall–Kier alpha value is -3.06. The zero-order valence-electron chi connectivity index (χ0n) is 19.5. The minimum Gasteiger partial charge on any atom is -0.489 e. The number of pyridine rings is 1. The summed E-state index contributed by atoms with van der Waals surface area (Å²) in [5.41, 5.74) is 3.98. The fourth-order valence-corrected chi connectivity index (χ4v) is 4.29. The first-order valence-electron chi connectivity index (χ1n) is 11.4. The van der Waals surface area contributed by atoms with Gasteiger partial charge in [-0.05, 0) is 62.6 Å². The van der Waals surface area contributed by atoms with Crippen LogP contribution in [0.25, 0.3) is 16.9 Å². The Morgan fingerprint density at radius 2 is 1.89 bits per heavy atom. The second-order valence-electron chi connectivity index (χ2n) is 8.61. The molecule has 4 aromatic rings. The molecule has 8 heteroatoms. The van der Waals surface area contributed by atoms with Gasteiger partial charge in [0.2, 0.25) is 0 Å². The van der Waals surface area contributed by atoms with Gasteiger partial charge in [0.15, 0.2) is 5.65 Å². The quantitative estimate of drug-likeness (QED) is 0.297. The highest BCUT2D eigenvalue weighted by molar-refractivity contribution is 6.33. The molecule has 2 heterocycles. The predicted octanol–water partition coefficient (Wildman–Crippen LogP) is 5.82. The van der Waals surface area contributed by atoms with Crippen LogP contribution in [-0.4, -0.2) is 39.2 Å². The Morgan fingerprint density at radius 3 is 2.54 bits per heavy atom. The van der Waals surface area contributed by atoms with E-state index in [1.54, 1.807) is 18.2 Å². The van der Waals surface area contributed by atoms with E-state index >= 15 is 0 Å². The summed E-state index contributed by atoms with van der Waals surface area (Å²) >= 11 is 12.5. The summed E-state index contributed by atoms with van der Waals surface area (Å²) in [6.45, 7) is 3.79. The Bertz CT molecular complexity index is 1320. The molecule has 0 aliphatic rings. The van der Waals surface area contributed by atoms with Crippen molar-refractivity contribution in [2.75, 3.05) is 6.61 Å². The van der Waals surface area contributed by atoms with E-state index in [2.05, 4.69) is 10.3 Å². The Labute approximate surface area is 214 Å². The van der Waals surface area contributed by atoms with Crippen molar-refractivity contribution in [1.82, 2.24) is 14.7 Å². The van der Waals surface area contributed by atoms with E-state index in [1.165, 1.54) is 0 Å². The van der Waals surface area contributed by atoms with Gasteiger partial charge >= 0.3 is 0 Å². The first-order chi connectivity index (χ1) is 16.8. The summed E-state index contributed by atoms with van der Waals surface area (Å²) in [7, 11) is 0. The molecule has 182 valence electrons. The highest BCUT2D eigenvalue weighted by atomic mass is 35.5. The van der Waals surface area contributed by atoms with Gasteiger partial charge in [-0.3, -0.25) is 4.79 Å². The molecule has 2 aromatic carbocycles. The minimum atomic E-state index is -0.250. The molecular formula is C27H27Cl2N3O3. The second-order valence-corrected chi connectivity index (χ2v) is 9.42. The van der Waals surface area contributed by atoms with Crippen LogP contribution in [0.3, 0.4) is 0 Å². The molecule has 0 aliphatic carbocycles. The van der Waals surface area contributed by atoms with E-state index in [-0.39, 0.29) is 24.7 Å². The van der Waals surface area contributed by atoms with E-state index in [4.69, 9.17) is 27.9 Å². The zero-order chi connectivity index (χ0) is 24.9. The van der Waals surface area contributed by atoms with Crippen molar-refractivity contribution in [3.63, 3.8) is 0 Å². The van der Waals surface area contributed by atoms with Gasteiger partial charge in [-0.1, -0.05) is 47.5 Å². The molecule has 0 fully saturated rings. The van der Waals surface area contributed by atoms with E-state index in [0.717, 1.165) is 16.8 Å². The summed E-state index contributed by atoms with van der Waals surface area (Å²) in [5, 5.41) is 13.5. The van der Waals surface area contributed by atoms with E-state index in [9.17, 15) is 9.90 Å². The zero-order valence-corrected chi connectivity index (χ0v) is 21.1. The van der Waals surface area contributed by atoms with Crippen molar-refractivity contribution in [2.45, 2.75) is 38.8 Å². The number of benzene rings is 2. The normalized spacial score (nSPS) is 12.2. The number of ether oxygens (including phenoxy) is 1. The molecule has 0 saturated heterocycles. The Balaban J connectivity index is 1.44. The fraction of sp³-hybridized carbons (Fsp3) is 0.259. The van der Waals surface area contributed by atoms with Gasteiger partial charge in [0.05, 0.1) is 21.8 Å². The Kier molecular flexibility index (Phi) is 7.96. The number of imidazole rings is 1. The molecule has 0 radical (unpaired) electrons. The highest BCUT2D eigenvalue weighted by Gasteiger charge is 2.16. The van der Waals surface area contributed by atoms with E-state index < -0.39 is 0 Å². The van der Waals surface area contributed by atoms with Crippen molar-refractivity contribution < 1.29 is 14.6 Å². The second kappa shape index (κ2) is 11.1. The lowest BCUT2D eigenvalue weighted by Crippen LogP contribution is -2.37. The third-order valence-corrected chi connectivity index (χ3v) is 6.13. The number of carbonyl (C=O) groups is 1. The monoisotopic (exact) mass is 511 g/mol. The third kappa shape index (κ3) is 6.14. The lowest BCUT2D eigenvalue weighted by Gasteiger charge is -2.19. The first-order valence-corrected chi connectivity index (χ1v) is 12.2. The molecule has 35 heavy (non-hydrogen) atoms. The number of hydrogen-bond donors (Lipinski definition) is 2. The number of aliphatic hydroxyl groups is 1. The van der Waals surface area contributed by atoms with Crippen molar-refractivity contribution in [3.05, 3.63) is 88.2 Å². The van der Waals surface area contributed by atoms with Gasteiger partial charge in [0.25, 0.3) is 5.91 Å². The molecule has 2 N–H and O–H groups in total. The van der Waals surface area contributed by atoms with Crippen LogP contribution in [0.1, 0.15) is 36.2 Å². The number of amides is 1. The standard InChI is InChI=1S/C27H27Cl2N3O3/c1-17(2)35-25-10-9-20(15-23(25)29)27(34)30-21(11-13-33)14-18-5-7-19(8-6-18)24-16-32-12-3-4-22(28)26(32)31-24/h3-10,12,15-17,21,33H,11,13-14H2,1-2H3,(H,30,34)/t21-/m1/s1. The van der Waals surface area contributed by atoms with Crippen LogP contribution in [0.2, 0.25) is 10.0 Å². The van der Waals surface area contributed by atoms with Gasteiger partial charge in [0.1, 0.15) is 5.75 Å². The summed E-state index contributed by atoms with van der Waals surface area (Å²) < 4.78 is 7.53. The molecule has 2 aromatic heterocycles. The van der Waals surface area contributed by atoms with Crippen LogP contribution in [0, 0.1) is 0 Å². The van der Waals surface area contributed by atoms with Gasteiger partial charge in [-0.25, -0.2) is 4.98 Å². The lowest BCUT2D eigenvalue weighted by atomic mass is 10.0. The molecule has 1 amide bonds. The molecule has 0 spiro atoms. The molecule has 1 atom stereocenters. The minimum absolute atomic E-state index is 0.0157.